The molecule has 0 fully saturated rings. The summed E-state index contributed by atoms with van der Waals surface area (Å²) < 4.78 is 36.3. The van der Waals surface area contributed by atoms with Gasteiger partial charge in [-0.1, -0.05) is 23.1 Å². The SMILES string of the molecule is FC(F)(F)c1nnc(SCCCl)s1. The summed E-state index contributed by atoms with van der Waals surface area (Å²) in [7, 11) is 0. The predicted octanol–water partition coefficient (Wildman–Crippen LogP) is 2.89. The first-order chi connectivity index (χ1) is 6.04. The van der Waals surface area contributed by atoms with Crippen LogP contribution in [0.25, 0.3) is 0 Å². The molecule has 74 valence electrons. The lowest BCUT2D eigenvalue weighted by Crippen LogP contribution is -2.03. The third-order valence-corrected chi connectivity index (χ3v) is 3.47. The van der Waals surface area contributed by atoms with Crippen LogP contribution in [0.2, 0.25) is 0 Å². The van der Waals surface area contributed by atoms with Gasteiger partial charge in [-0.15, -0.1) is 21.8 Å². The Kier molecular flexibility index (Phi) is 3.81. The van der Waals surface area contributed by atoms with Gasteiger partial charge in [-0.2, -0.15) is 13.2 Å². The van der Waals surface area contributed by atoms with Gasteiger partial charge in [0.2, 0.25) is 5.01 Å². The molecule has 1 aromatic heterocycles. The minimum Gasteiger partial charge on any atom is -0.164 e. The molecular weight excluding hydrogens is 245 g/mol. The number of rotatable bonds is 3. The van der Waals surface area contributed by atoms with Gasteiger partial charge in [-0.25, -0.2) is 0 Å². The monoisotopic (exact) mass is 248 g/mol. The van der Waals surface area contributed by atoms with E-state index in [-0.39, 0.29) is 0 Å². The number of hydrogen-bond donors (Lipinski definition) is 0. The van der Waals surface area contributed by atoms with Crippen molar-refractivity contribution in [1.29, 1.82) is 0 Å². The number of alkyl halides is 4. The maximum atomic E-state index is 12.0. The summed E-state index contributed by atoms with van der Waals surface area (Å²) in [6, 6.07) is 0. The first kappa shape index (κ1) is 11.1. The summed E-state index contributed by atoms with van der Waals surface area (Å²) in [5.41, 5.74) is 0. The number of thioether (sulfide) groups is 1. The Morgan fingerprint density at radius 2 is 2.08 bits per heavy atom. The van der Waals surface area contributed by atoms with Gasteiger partial charge in [-0.05, 0) is 0 Å². The molecule has 0 aliphatic carbocycles. The fourth-order valence-corrected chi connectivity index (χ4v) is 2.26. The summed E-state index contributed by atoms with van der Waals surface area (Å²) in [6.45, 7) is 0. The fraction of sp³-hybridized carbons (Fsp3) is 0.600. The number of hydrogen-bond acceptors (Lipinski definition) is 4. The average Bonchev–Trinajstić information content (AvgIpc) is 2.47. The molecule has 0 aromatic carbocycles. The fourth-order valence-electron chi connectivity index (χ4n) is 0.509. The second-order valence-corrected chi connectivity index (χ2v) is 4.61. The van der Waals surface area contributed by atoms with Crippen molar-refractivity contribution in [2.75, 3.05) is 11.6 Å². The second-order valence-electron chi connectivity index (χ2n) is 1.91. The van der Waals surface area contributed by atoms with E-state index in [9.17, 15) is 13.2 Å². The largest absolute Gasteiger partial charge is 0.445 e. The van der Waals surface area contributed by atoms with Crippen LogP contribution in [0.15, 0.2) is 4.34 Å². The zero-order chi connectivity index (χ0) is 9.90. The van der Waals surface area contributed by atoms with Gasteiger partial charge in [0.25, 0.3) is 0 Å². The highest BCUT2D eigenvalue weighted by Gasteiger charge is 2.35. The van der Waals surface area contributed by atoms with Crippen molar-refractivity contribution in [3.8, 4) is 0 Å². The van der Waals surface area contributed by atoms with Gasteiger partial charge >= 0.3 is 6.18 Å². The van der Waals surface area contributed by atoms with Crippen LogP contribution in [0.3, 0.4) is 0 Å². The topological polar surface area (TPSA) is 25.8 Å². The van der Waals surface area contributed by atoms with Crippen LogP contribution in [0.5, 0.6) is 0 Å². The third-order valence-electron chi connectivity index (χ3n) is 0.952. The lowest BCUT2D eigenvalue weighted by Gasteiger charge is -1.97. The van der Waals surface area contributed by atoms with Crippen LogP contribution < -0.4 is 0 Å². The van der Waals surface area contributed by atoms with Gasteiger partial charge in [0.15, 0.2) is 4.34 Å². The highest BCUT2D eigenvalue weighted by Crippen LogP contribution is 2.34. The number of aromatic nitrogens is 2. The van der Waals surface area contributed by atoms with Crippen molar-refractivity contribution in [3.63, 3.8) is 0 Å². The van der Waals surface area contributed by atoms with E-state index >= 15 is 0 Å². The van der Waals surface area contributed by atoms with Crippen LogP contribution in [-0.4, -0.2) is 21.8 Å². The summed E-state index contributed by atoms with van der Waals surface area (Å²) in [6.07, 6.45) is -4.39. The van der Waals surface area contributed by atoms with Crippen molar-refractivity contribution in [2.24, 2.45) is 0 Å². The zero-order valence-corrected chi connectivity index (χ0v) is 8.53. The van der Waals surface area contributed by atoms with Crippen molar-refractivity contribution in [3.05, 3.63) is 5.01 Å². The highest BCUT2D eigenvalue weighted by molar-refractivity contribution is 8.01. The summed E-state index contributed by atoms with van der Waals surface area (Å²) in [4.78, 5) is 0. The van der Waals surface area contributed by atoms with E-state index in [4.69, 9.17) is 11.6 Å². The van der Waals surface area contributed by atoms with Crippen molar-refractivity contribution >= 4 is 34.7 Å². The molecular formula is C5H4ClF3N2S2. The van der Waals surface area contributed by atoms with Crippen LogP contribution in [0.1, 0.15) is 5.01 Å². The van der Waals surface area contributed by atoms with E-state index in [1.54, 1.807) is 0 Å². The van der Waals surface area contributed by atoms with Crippen LogP contribution in [0, 0.1) is 0 Å². The minimum absolute atomic E-state index is 0.299. The Morgan fingerprint density at radius 3 is 2.54 bits per heavy atom. The Labute approximate surface area is 85.5 Å². The molecule has 0 amide bonds. The molecule has 0 aliphatic rings. The Morgan fingerprint density at radius 1 is 1.38 bits per heavy atom. The van der Waals surface area contributed by atoms with Crippen LogP contribution in [0.4, 0.5) is 13.2 Å². The van der Waals surface area contributed by atoms with Gasteiger partial charge in [0.05, 0.1) is 0 Å². The normalized spacial score (nSPS) is 12.0. The van der Waals surface area contributed by atoms with E-state index in [0.29, 0.717) is 27.3 Å². The van der Waals surface area contributed by atoms with Crippen LogP contribution >= 0.6 is 34.7 Å². The molecule has 1 aromatic rings. The molecule has 0 atom stereocenters. The molecule has 0 aliphatic heterocycles. The molecule has 0 bridgehead atoms. The van der Waals surface area contributed by atoms with E-state index in [1.165, 1.54) is 11.8 Å². The molecule has 1 rings (SSSR count). The molecule has 13 heavy (non-hydrogen) atoms. The van der Waals surface area contributed by atoms with Crippen molar-refractivity contribution in [2.45, 2.75) is 10.5 Å². The first-order valence-electron chi connectivity index (χ1n) is 3.13. The van der Waals surface area contributed by atoms with Gasteiger partial charge in [-0.3, -0.25) is 0 Å². The summed E-state index contributed by atoms with van der Waals surface area (Å²) in [5, 5.41) is 5.48. The maximum Gasteiger partial charge on any atom is 0.445 e. The molecule has 0 spiro atoms. The Balaban J connectivity index is 2.64. The number of nitrogens with zero attached hydrogens (tertiary/aromatic N) is 2. The standard InChI is InChI=1S/C5H4ClF3N2S2/c6-1-2-12-4-11-10-3(13-4)5(7,8)9/h1-2H2. The summed E-state index contributed by atoms with van der Waals surface area (Å²) in [5.74, 6) is 0.916. The van der Waals surface area contributed by atoms with Crippen molar-refractivity contribution in [1.82, 2.24) is 10.2 Å². The molecule has 0 radical (unpaired) electrons. The molecule has 1 heterocycles. The van der Waals surface area contributed by atoms with E-state index < -0.39 is 11.2 Å². The zero-order valence-electron chi connectivity index (χ0n) is 6.14. The predicted molar refractivity (Wildman–Crippen MR) is 46.4 cm³/mol. The Hall–Kier alpha value is -0.0100. The molecule has 0 unspecified atom stereocenters. The summed E-state index contributed by atoms with van der Waals surface area (Å²) >= 11 is 7.07. The molecule has 8 heteroatoms. The molecule has 0 N–H and O–H groups in total. The van der Waals surface area contributed by atoms with Gasteiger partial charge in [0.1, 0.15) is 0 Å². The van der Waals surface area contributed by atoms with Gasteiger partial charge in [0, 0.05) is 11.6 Å². The molecule has 2 nitrogen and oxygen atoms in total. The lowest BCUT2D eigenvalue weighted by atomic mass is 10.7. The minimum atomic E-state index is -4.39. The second kappa shape index (κ2) is 4.47. The van der Waals surface area contributed by atoms with E-state index in [1.807, 2.05) is 0 Å². The highest BCUT2D eigenvalue weighted by atomic mass is 35.5. The van der Waals surface area contributed by atoms with Crippen molar-refractivity contribution < 1.29 is 13.2 Å². The van der Waals surface area contributed by atoms with Crippen LogP contribution in [-0.2, 0) is 6.18 Å². The molecule has 0 saturated carbocycles. The number of halogens is 4. The quantitative estimate of drug-likeness (QED) is 0.608. The first-order valence-corrected chi connectivity index (χ1v) is 5.47. The van der Waals surface area contributed by atoms with Gasteiger partial charge < -0.3 is 0 Å². The van der Waals surface area contributed by atoms with E-state index in [0.717, 1.165) is 0 Å². The lowest BCUT2D eigenvalue weighted by molar-refractivity contribution is -0.138. The average molecular weight is 249 g/mol. The Bertz CT molecular complexity index is 275. The smallest absolute Gasteiger partial charge is 0.164 e. The third kappa shape index (κ3) is 3.32. The maximum absolute atomic E-state index is 12.0. The molecule has 0 saturated heterocycles. The van der Waals surface area contributed by atoms with E-state index in [2.05, 4.69) is 10.2 Å².